The Hall–Kier alpha value is -4.33. The third kappa shape index (κ3) is 2.51. The monoisotopic (exact) mass is 418 g/mol. The molecule has 0 unspecified atom stereocenters. The number of fused-ring (bicyclic) bond motifs is 6. The highest BCUT2D eigenvalue weighted by molar-refractivity contribution is 6.00. The summed E-state index contributed by atoms with van der Waals surface area (Å²) in [5.74, 6) is -1.75. The van der Waals surface area contributed by atoms with Crippen LogP contribution in [0.15, 0.2) is 48.5 Å². The molecule has 0 saturated carbocycles. The van der Waals surface area contributed by atoms with Gasteiger partial charge in [-0.2, -0.15) is 0 Å². The SMILES string of the molecule is O=CCc1cc2c(cc1C(=O)O)C1(OC2=O)c2ccc(O)cc2Oc2cc(O)ccc21. The molecule has 1 spiro atoms. The van der Waals surface area contributed by atoms with Gasteiger partial charge in [0.2, 0.25) is 0 Å². The zero-order valence-electron chi connectivity index (χ0n) is 15.8. The van der Waals surface area contributed by atoms with Crippen molar-refractivity contribution in [3.8, 4) is 23.0 Å². The molecule has 0 amide bonds. The first-order valence-corrected chi connectivity index (χ1v) is 9.27. The molecule has 2 aliphatic rings. The van der Waals surface area contributed by atoms with Crippen molar-refractivity contribution in [2.45, 2.75) is 12.0 Å². The van der Waals surface area contributed by atoms with Crippen molar-refractivity contribution in [1.29, 1.82) is 0 Å². The van der Waals surface area contributed by atoms with Crippen LogP contribution in [0.1, 0.15) is 43.0 Å². The van der Waals surface area contributed by atoms with Crippen molar-refractivity contribution >= 4 is 18.2 Å². The second kappa shape index (κ2) is 6.33. The number of carboxylic acid groups (broad SMARTS) is 1. The number of hydrogen-bond donors (Lipinski definition) is 3. The van der Waals surface area contributed by atoms with Crippen LogP contribution in [0.5, 0.6) is 23.0 Å². The maximum Gasteiger partial charge on any atom is 0.340 e. The van der Waals surface area contributed by atoms with Crippen LogP contribution in [0.25, 0.3) is 0 Å². The topological polar surface area (TPSA) is 130 Å². The lowest BCUT2D eigenvalue weighted by molar-refractivity contribution is -0.107. The van der Waals surface area contributed by atoms with Crippen molar-refractivity contribution in [2.75, 3.05) is 0 Å². The number of carbonyl (C=O) groups is 3. The van der Waals surface area contributed by atoms with E-state index in [0.29, 0.717) is 17.4 Å². The molecule has 8 heteroatoms. The molecule has 0 saturated heterocycles. The van der Waals surface area contributed by atoms with Gasteiger partial charge < -0.3 is 29.6 Å². The normalized spacial score (nSPS) is 14.8. The van der Waals surface area contributed by atoms with Crippen molar-refractivity contribution in [2.24, 2.45) is 0 Å². The van der Waals surface area contributed by atoms with Gasteiger partial charge >= 0.3 is 11.9 Å². The summed E-state index contributed by atoms with van der Waals surface area (Å²) < 4.78 is 11.7. The van der Waals surface area contributed by atoms with E-state index >= 15 is 0 Å². The lowest BCUT2D eigenvalue weighted by Gasteiger charge is -2.36. The molecule has 0 bridgehead atoms. The van der Waals surface area contributed by atoms with E-state index in [-0.39, 0.29) is 51.7 Å². The summed E-state index contributed by atoms with van der Waals surface area (Å²) in [6.07, 6.45) is 0.391. The molecule has 0 aliphatic carbocycles. The summed E-state index contributed by atoms with van der Waals surface area (Å²) in [7, 11) is 0. The van der Waals surface area contributed by atoms with Crippen LogP contribution in [0.3, 0.4) is 0 Å². The molecule has 31 heavy (non-hydrogen) atoms. The van der Waals surface area contributed by atoms with E-state index in [1.165, 1.54) is 48.5 Å². The Labute approximate surface area is 174 Å². The molecule has 0 aromatic heterocycles. The summed E-state index contributed by atoms with van der Waals surface area (Å²) >= 11 is 0. The Kier molecular flexibility index (Phi) is 3.82. The highest BCUT2D eigenvalue weighted by Crippen LogP contribution is 2.57. The lowest BCUT2D eigenvalue weighted by atomic mass is 9.76. The second-order valence-corrected chi connectivity index (χ2v) is 7.26. The van der Waals surface area contributed by atoms with Crippen LogP contribution in [0.4, 0.5) is 0 Å². The summed E-state index contributed by atoms with van der Waals surface area (Å²) in [4.78, 5) is 35.9. The fourth-order valence-electron chi connectivity index (χ4n) is 4.25. The average molecular weight is 418 g/mol. The van der Waals surface area contributed by atoms with Gasteiger partial charge in [0.1, 0.15) is 29.3 Å². The van der Waals surface area contributed by atoms with E-state index in [9.17, 15) is 29.7 Å². The van der Waals surface area contributed by atoms with Crippen molar-refractivity contribution in [3.05, 3.63) is 81.9 Å². The standard InChI is InChI=1S/C23H14O8/c24-6-5-11-7-15-18(10-14(11)21(27)28)23(31-22(15)29)16-3-1-12(25)8-19(16)30-20-9-13(26)2-4-17(20)23/h1-4,6-10,25-26H,5H2,(H,27,28). The largest absolute Gasteiger partial charge is 0.508 e. The van der Waals surface area contributed by atoms with Crippen LogP contribution < -0.4 is 4.74 Å². The van der Waals surface area contributed by atoms with Crippen molar-refractivity contribution in [3.63, 3.8) is 0 Å². The fourth-order valence-corrected chi connectivity index (χ4v) is 4.25. The number of aromatic hydroxyl groups is 2. The Morgan fingerprint density at radius 1 is 0.935 bits per heavy atom. The predicted octanol–water partition coefficient (Wildman–Crippen LogP) is 3.11. The van der Waals surface area contributed by atoms with Gasteiger partial charge in [0.15, 0.2) is 5.60 Å². The van der Waals surface area contributed by atoms with Crippen LogP contribution in [0, 0.1) is 0 Å². The number of aromatic carboxylic acids is 1. The van der Waals surface area contributed by atoms with Gasteiger partial charge in [0, 0.05) is 35.2 Å². The maximum absolute atomic E-state index is 12.9. The Balaban J connectivity index is 1.89. The van der Waals surface area contributed by atoms with Gasteiger partial charge in [0.05, 0.1) is 11.1 Å². The predicted molar refractivity (Wildman–Crippen MR) is 105 cm³/mol. The third-order valence-corrected chi connectivity index (χ3v) is 5.53. The molecule has 0 fully saturated rings. The number of carboxylic acids is 1. The fraction of sp³-hybridized carbons (Fsp3) is 0.0870. The molecule has 8 nitrogen and oxygen atoms in total. The highest BCUT2D eigenvalue weighted by Gasteiger charge is 2.54. The number of phenols is 2. The van der Waals surface area contributed by atoms with E-state index in [2.05, 4.69) is 0 Å². The number of carbonyl (C=O) groups excluding carboxylic acids is 2. The Bertz CT molecular complexity index is 1260. The van der Waals surface area contributed by atoms with E-state index in [4.69, 9.17) is 9.47 Å². The molecule has 3 N–H and O–H groups in total. The number of benzene rings is 3. The smallest absolute Gasteiger partial charge is 0.340 e. The van der Waals surface area contributed by atoms with Gasteiger partial charge in [-0.1, -0.05) is 0 Å². The first kappa shape index (κ1) is 18.7. The van der Waals surface area contributed by atoms with Crippen LogP contribution in [-0.2, 0) is 21.6 Å². The van der Waals surface area contributed by atoms with Gasteiger partial charge in [-0.15, -0.1) is 0 Å². The Morgan fingerprint density at radius 2 is 1.55 bits per heavy atom. The number of esters is 1. The molecule has 3 aromatic rings. The van der Waals surface area contributed by atoms with Crippen molar-refractivity contribution in [1.82, 2.24) is 0 Å². The number of rotatable bonds is 3. The number of ether oxygens (including phenoxy) is 2. The minimum absolute atomic E-state index is 0.0883. The van der Waals surface area contributed by atoms with Gasteiger partial charge in [-0.25, -0.2) is 9.59 Å². The summed E-state index contributed by atoms with van der Waals surface area (Å²) in [6.45, 7) is 0. The quantitative estimate of drug-likeness (QED) is 0.437. The average Bonchev–Trinajstić information content (AvgIpc) is 2.99. The van der Waals surface area contributed by atoms with E-state index in [1.54, 1.807) is 0 Å². The molecular formula is C23H14O8. The molecular weight excluding hydrogens is 404 g/mol. The zero-order chi connectivity index (χ0) is 21.9. The first-order valence-electron chi connectivity index (χ1n) is 9.27. The van der Waals surface area contributed by atoms with Crippen LogP contribution in [0.2, 0.25) is 0 Å². The molecule has 154 valence electrons. The van der Waals surface area contributed by atoms with Gasteiger partial charge in [-0.05, 0) is 42.0 Å². The van der Waals surface area contributed by atoms with E-state index < -0.39 is 17.5 Å². The number of aldehydes is 1. The van der Waals surface area contributed by atoms with Gasteiger partial charge in [-0.3, -0.25) is 0 Å². The molecule has 2 heterocycles. The van der Waals surface area contributed by atoms with E-state index in [1.807, 2.05) is 0 Å². The van der Waals surface area contributed by atoms with Crippen LogP contribution >= 0.6 is 0 Å². The molecule has 3 aromatic carbocycles. The second-order valence-electron chi connectivity index (χ2n) is 7.26. The summed E-state index contributed by atoms with van der Waals surface area (Å²) in [6, 6.07) is 11.2. The first-order chi connectivity index (χ1) is 14.8. The Morgan fingerprint density at radius 3 is 2.10 bits per heavy atom. The lowest BCUT2D eigenvalue weighted by Crippen LogP contribution is -2.33. The van der Waals surface area contributed by atoms with Crippen LogP contribution in [-0.4, -0.2) is 33.5 Å². The molecule has 0 atom stereocenters. The van der Waals surface area contributed by atoms with Crippen molar-refractivity contribution < 1.29 is 39.2 Å². The van der Waals surface area contributed by atoms with Gasteiger partial charge in [0.25, 0.3) is 0 Å². The number of phenolic OH excluding ortho intramolecular Hbond substituents is 2. The summed E-state index contributed by atoms with van der Waals surface area (Å²) in [5, 5.41) is 29.6. The minimum atomic E-state index is -1.55. The molecule has 2 aliphatic heterocycles. The van der Waals surface area contributed by atoms with E-state index in [0.717, 1.165) is 0 Å². The number of hydrogen-bond acceptors (Lipinski definition) is 7. The third-order valence-electron chi connectivity index (χ3n) is 5.53. The summed E-state index contributed by atoms with van der Waals surface area (Å²) in [5.41, 5.74) is -0.325. The molecule has 0 radical (unpaired) electrons. The minimum Gasteiger partial charge on any atom is -0.508 e. The molecule has 5 rings (SSSR count). The maximum atomic E-state index is 12.9. The highest BCUT2D eigenvalue weighted by atomic mass is 16.6. The zero-order valence-corrected chi connectivity index (χ0v) is 15.8.